The average molecular weight is 203 g/mol. The molecule has 0 saturated heterocycles. The van der Waals surface area contributed by atoms with Gasteiger partial charge in [-0.25, -0.2) is 9.97 Å². The largest absolute Gasteiger partial charge is 0.338 e. The van der Waals surface area contributed by atoms with Crippen molar-refractivity contribution in [3.63, 3.8) is 0 Å². The fraction of sp³-hybridized carbons (Fsp3) is 0.545. The van der Waals surface area contributed by atoms with Crippen LogP contribution in [0.2, 0.25) is 0 Å². The van der Waals surface area contributed by atoms with Gasteiger partial charge in [0.1, 0.15) is 6.33 Å². The zero-order valence-electron chi connectivity index (χ0n) is 8.52. The molecule has 4 heteroatoms. The van der Waals surface area contributed by atoms with Crippen LogP contribution in [0.5, 0.6) is 0 Å². The van der Waals surface area contributed by atoms with E-state index in [-0.39, 0.29) is 0 Å². The molecule has 0 N–H and O–H groups in total. The highest BCUT2D eigenvalue weighted by atomic mass is 16.2. The number of carbonyl (C=O) groups excluding carboxylic acids is 1. The monoisotopic (exact) mass is 203 g/mol. The van der Waals surface area contributed by atoms with E-state index < -0.39 is 0 Å². The summed E-state index contributed by atoms with van der Waals surface area (Å²) in [4.78, 5) is 22.0. The topological polar surface area (TPSA) is 46.1 Å². The minimum absolute atomic E-state index is 0.316. The number of nitrogens with zero attached hydrogens (tertiary/aromatic N) is 3. The summed E-state index contributed by atoms with van der Waals surface area (Å²) in [6.07, 6.45) is 6.43. The second-order valence-corrected chi connectivity index (χ2v) is 4.28. The Morgan fingerprint density at radius 3 is 3.13 bits per heavy atom. The molecule has 1 aliphatic carbocycles. The Labute approximate surface area is 88.3 Å². The third kappa shape index (κ3) is 1.60. The number of amides is 1. The number of aromatic nitrogens is 2. The summed E-state index contributed by atoms with van der Waals surface area (Å²) in [5.41, 5.74) is 2.21. The second kappa shape index (κ2) is 3.29. The van der Waals surface area contributed by atoms with Crippen molar-refractivity contribution < 1.29 is 4.79 Å². The zero-order chi connectivity index (χ0) is 10.3. The maximum Gasteiger partial charge on any atom is 0.225 e. The van der Waals surface area contributed by atoms with E-state index in [0.717, 1.165) is 37.1 Å². The average Bonchev–Trinajstić information content (AvgIpc) is 3.11. The van der Waals surface area contributed by atoms with Gasteiger partial charge in [0, 0.05) is 37.2 Å². The molecule has 0 unspecified atom stereocenters. The van der Waals surface area contributed by atoms with Gasteiger partial charge in [-0.15, -0.1) is 0 Å². The quantitative estimate of drug-likeness (QED) is 0.677. The second-order valence-electron chi connectivity index (χ2n) is 4.28. The maximum atomic E-state index is 11.9. The van der Waals surface area contributed by atoms with Crippen LogP contribution in [-0.2, 0) is 17.8 Å². The Morgan fingerprint density at radius 1 is 1.47 bits per heavy atom. The molecule has 0 radical (unpaired) electrons. The molecule has 0 spiro atoms. The van der Waals surface area contributed by atoms with Crippen LogP contribution >= 0.6 is 0 Å². The highest BCUT2D eigenvalue weighted by Crippen LogP contribution is 2.32. The first-order valence-corrected chi connectivity index (χ1v) is 5.41. The van der Waals surface area contributed by atoms with Crippen LogP contribution in [0.15, 0.2) is 12.5 Å². The molecule has 1 saturated carbocycles. The van der Waals surface area contributed by atoms with E-state index in [9.17, 15) is 4.79 Å². The van der Waals surface area contributed by atoms with Crippen LogP contribution < -0.4 is 0 Å². The lowest BCUT2D eigenvalue weighted by atomic mass is 10.1. The summed E-state index contributed by atoms with van der Waals surface area (Å²) in [6.45, 7) is 1.52. The fourth-order valence-electron chi connectivity index (χ4n) is 2.04. The van der Waals surface area contributed by atoms with Crippen LogP contribution in [0.4, 0.5) is 0 Å². The Kier molecular flexibility index (Phi) is 1.94. The van der Waals surface area contributed by atoms with Crippen molar-refractivity contribution in [2.75, 3.05) is 6.54 Å². The summed E-state index contributed by atoms with van der Waals surface area (Å²) < 4.78 is 0. The first kappa shape index (κ1) is 8.83. The number of fused-ring (bicyclic) bond motifs is 1. The molecule has 1 aromatic heterocycles. The summed E-state index contributed by atoms with van der Waals surface area (Å²) in [5.74, 6) is 0.640. The van der Waals surface area contributed by atoms with E-state index in [1.165, 1.54) is 0 Å². The van der Waals surface area contributed by atoms with Crippen LogP contribution in [0, 0.1) is 5.92 Å². The molecule has 1 amide bonds. The van der Waals surface area contributed by atoms with E-state index in [1.807, 2.05) is 11.1 Å². The van der Waals surface area contributed by atoms with Crippen molar-refractivity contribution in [2.24, 2.45) is 5.92 Å². The minimum Gasteiger partial charge on any atom is -0.338 e. The zero-order valence-corrected chi connectivity index (χ0v) is 8.52. The third-order valence-electron chi connectivity index (χ3n) is 3.10. The minimum atomic E-state index is 0.316. The number of carbonyl (C=O) groups is 1. The molecule has 0 atom stereocenters. The Balaban J connectivity index is 1.79. The van der Waals surface area contributed by atoms with Gasteiger partial charge in [0.2, 0.25) is 5.91 Å². The molecule has 3 rings (SSSR count). The molecule has 1 fully saturated rings. The van der Waals surface area contributed by atoms with Crippen molar-refractivity contribution in [1.82, 2.24) is 14.9 Å². The maximum absolute atomic E-state index is 11.9. The third-order valence-corrected chi connectivity index (χ3v) is 3.10. The van der Waals surface area contributed by atoms with Gasteiger partial charge in [-0.05, 0) is 12.8 Å². The molecule has 0 bridgehead atoms. The van der Waals surface area contributed by atoms with Gasteiger partial charge < -0.3 is 4.90 Å². The van der Waals surface area contributed by atoms with Crippen molar-refractivity contribution >= 4 is 5.91 Å². The van der Waals surface area contributed by atoms with Crippen molar-refractivity contribution in [2.45, 2.75) is 25.8 Å². The van der Waals surface area contributed by atoms with Crippen molar-refractivity contribution in [3.8, 4) is 0 Å². The van der Waals surface area contributed by atoms with Crippen LogP contribution in [0.1, 0.15) is 24.1 Å². The van der Waals surface area contributed by atoms with Crippen LogP contribution in [0.25, 0.3) is 0 Å². The Bertz CT molecular complexity index is 401. The number of hydrogen-bond donors (Lipinski definition) is 0. The normalized spacial score (nSPS) is 19.9. The molecular formula is C11H13N3O. The first-order valence-electron chi connectivity index (χ1n) is 5.41. The number of hydrogen-bond acceptors (Lipinski definition) is 3. The molecule has 0 aromatic carbocycles. The van der Waals surface area contributed by atoms with E-state index >= 15 is 0 Å². The van der Waals surface area contributed by atoms with Gasteiger partial charge in [-0.2, -0.15) is 0 Å². The smallest absolute Gasteiger partial charge is 0.225 e. The highest BCUT2D eigenvalue weighted by Gasteiger charge is 2.34. The van der Waals surface area contributed by atoms with Gasteiger partial charge >= 0.3 is 0 Å². The summed E-state index contributed by atoms with van der Waals surface area (Å²) >= 11 is 0. The lowest BCUT2D eigenvalue weighted by molar-refractivity contribution is -0.133. The molecular weight excluding hydrogens is 190 g/mol. The summed E-state index contributed by atoms with van der Waals surface area (Å²) in [7, 11) is 0. The molecule has 1 aromatic rings. The molecule has 2 heterocycles. The van der Waals surface area contributed by atoms with E-state index in [0.29, 0.717) is 18.4 Å². The Morgan fingerprint density at radius 2 is 2.33 bits per heavy atom. The highest BCUT2D eigenvalue weighted by molar-refractivity contribution is 5.81. The first-order chi connectivity index (χ1) is 7.34. The van der Waals surface area contributed by atoms with E-state index in [2.05, 4.69) is 9.97 Å². The van der Waals surface area contributed by atoms with Gasteiger partial charge in [0.05, 0.1) is 5.69 Å². The number of rotatable bonds is 1. The van der Waals surface area contributed by atoms with Crippen molar-refractivity contribution in [1.29, 1.82) is 0 Å². The van der Waals surface area contributed by atoms with Gasteiger partial charge in [-0.1, -0.05) is 0 Å². The lowest BCUT2D eigenvalue weighted by Crippen LogP contribution is -2.37. The fourth-order valence-corrected chi connectivity index (χ4v) is 2.04. The lowest BCUT2D eigenvalue weighted by Gasteiger charge is -2.27. The molecule has 1 aliphatic heterocycles. The van der Waals surface area contributed by atoms with Crippen LogP contribution in [0.3, 0.4) is 0 Å². The molecule has 15 heavy (non-hydrogen) atoms. The van der Waals surface area contributed by atoms with Gasteiger partial charge in [0.25, 0.3) is 0 Å². The molecule has 78 valence electrons. The predicted octanol–water partition coefficient (Wildman–Crippen LogP) is 0.771. The van der Waals surface area contributed by atoms with Gasteiger partial charge in [-0.3, -0.25) is 4.79 Å². The van der Waals surface area contributed by atoms with Crippen LogP contribution in [-0.4, -0.2) is 27.3 Å². The van der Waals surface area contributed by atoms with E-state index in [4.69, 9.17) is 0 Å². The molecule has 4 nitrogen and oxygen atoms in total. The van der Waals surface area contributed by atoms with E-state index in [1.54, 1.807) is 6.33 Å². The van der Waals surface area contributed by atoms with Gasteiger partial charge in [0.15, 0.2) is 0 Å². The Hall–Kier alpha value is -1.45. The predicted molar refractivity (Wildman–Crippen MR) is 53.9 cm³/mol. The SMILES string of the molecule is O=C(C1CC1)N1CCc2ncncc2C1. The van der Waals surface area contributed by atoms with Crippen molar-refractivity contribution in [3.05, 3.63) is 23.8 Å². The summed E-state index contributed by atoms with van der Waals surface area (Å²) in [6, 6.07) is 0. The molecule has 2 aliphatic rings. The standard InChI is InChI=1S/C11H13N3O/c15-11(8-1-2-8)14-4-3-10-9(6-14)5-12-7-13-10/h5,7-8H,1-4,6H2. The summed E-state index contributed by atoms with van der Waals surface area (Å²) in [5, 5.41) is 0.